The fraction of sp³-hybridized carbons (Fsp3) is 0.385. The molecule has 1 atom stereocenters. The normalized spacial score (nSPS) is 22.9. The van der Waals surface area contributed by atoms with Crippen LogP contribution in [0.4, 0.5) is 4.39 Å². The Morgan fingerprint density at radius 1 is 1.56 bits per heavy atom. The standard InChI is InChI=1S/C13H12FNO/c1-13(5-2-6-15)8-9-3-4-10(14)7-11(9)12(13)16/h3-4,7H,2,5,8H2,1H3. The Kier molecular flexibility index (Phi) is 2.51. The lowest BCUT2D eigenvalue weighted by molar-refractivity contribution is 0.0832. The van der Waals surface area contributed by atoms with E-state index in [0.717, 1.165) is 5.56 Å². The number of nitrogens with zero attached hydrogens (tertiary/aromatic N) is 1. The number of benzene rings is 1. The van der Waals surface area contributed by atoms with Crippen molar-refractivity contribution < 1.29 is 9.18 Å². The van der Waals surface area contributed by atoms with E-state index < -0.39 is 5.41 Å². The summed E-state index contributed by atoms with van der Waals surface area (Å²) in [5.74, 6) is -0.408. The molecule has 1 aromatic rings. The molecule has 2 nitrogen and oxygen atoms in total. The molecular weight excluding hydrogens is 205 g/mol. The lowest BCUT2D eigenvalue weighted by Gasteiger charge is -2.19. The number of Topliss-reactive ketones (excluding diaryl/α,β-unsaturated/α-hetero) is 1. The summed E-state index contributed by atoms with van der Waals surface area (Å²) in [6.45, 7) is 1.85. The molecule has 82 valence electrons. The first-order valence-corrected chi connectivity index (χ1v) is 5.27. The summed E-state index contributed by atoms with van der Waals surface area (Å²) in [7, 11) is 0. The van der Waals surface area contributed by atoms with Crippen LogP contribution >= 0.6 is 0 Å². The SMILES string of the molecule is CC1(CCC#N)Cc2ccc(F)cc2C1=O. The summed E-state index contributed by atoms with van der Waals surface area (Å²) in [5.41, 5.74) is 0.860. The van der Waals surface area contributed by atoms with E-state index in [1.807, 2.05) is 6.92 Å². The Bertz CT molecular complexity index is 489. The van der Waals surface area contributed by atoms with Crippen molar-refractivity contribution in [2.24, 2.45) is 5.41 Å². The third kappa shape index (κ3) is 1.61. The molecule has 0 bridgehead atoms. The summed E-state index contributed by atoms with van der Waals surface area (Å²) in [5, 5.41) is 8.57. The van der Waals surface area contributed by atoms with Gasteiger partial charge in [-0.25, -0.2) is 4.39 Å². The van der Waals surface area contributed by atoms with Gasteiger partial charge in [0.15, 0.2) is 5.78 Å². The Hall–Kier alpha value is -1.69. The molecule has 0 saturated heterocycles. The van der Waals surface area contributed by atoms with Crippen molar-refractivity contribution in [3.63, 3.8) is 0 Å². The van der Waals surface area contributed by atoms with Gasteiger partial charge in [0, 0.05) is 17.4 Å². The molecule has 1 unspecified atom stereocenters. The molecule has 1 aliphatic rings. The predicted molar refractivity (Wildman–Crippen MR) is 57.4 cm³/mol. The molecule has 0 N–H and O–H groups in total. The zero-order chi connectivity index (χ0) is 11.8. The van der Waals surface area contributed by atoms with Gasteiger partial charge in [-0.05, 0) is 30.5 Å². The van der Waals surface area contributed by atoms with E-state index in [1.165, 1.54) is 12.1 Å². The third-order valence-corrected chi connectivity index (χ3v) is 3.23. The Morgan fingerprint density at radius 2 is 2.31 bits per heavy atom. The number of carbonyl (C=O) groups is 1. The van der Waals surface area contributed by atoms with E-state index in [9.17, 15) is 9.18 Å². The number of hydrogen-bond acceptors (Lipinski definition) is 2. The van der Waals surface area contributed by atoms with Crippen LogP contribution in [0.5, 0.6) is 0 Å². The van der Waals surface area contributed by atoms with Crippen LogP contribution in [0.25, 0.3) is 0 Å². The number of nitriles is 1. The molecular formula is C13H12FNO. The molecule has 0 amide bonds. The second-order valence-electron chi connectivity index (χ2n) is 4.53. The van der Waals surface area contributed by atoms with Crippen LogP contribution in [0.3, 0.4) is 0 Å². The van der Waals surface area contributed by atoms with E-state index in [-0.39, 0.29) is 11.6 Å². The molecule has 0 radical (unpaired) electrons. The van der Waals surface area contributed by atoms with Crippen molar-refractivity contribution in [2.45, 2.75) is 26.2 Å². The van der Waals surface area contributed by atoms with E-state index in [1.54, 1.807) is 6.07 Å². The molecule has 2 rings (SSSR count). The third-order valence-electron chi connectivity index (χ3n) is 3.23. The molecule has 16 heavy (non-hydrogen) atoms. The van der Waals surface area contributed by atoms with E-state index in [0.29, 0.717) is 24.8 Å². The summed E-state index contributed by atoms with van der Waals surface area (Å²) < 4.78 is 13.0. The fourth-order valence-corrected chi connectivity index (χ4v) is 2.27. The predicted octanol–water partition coefficient (Wildman–Crippen LogP) is 2.87. The van der Waals surface area contributed by atoms with Gasteiger partial charge in [0.05, 0.1) is 6.07 Å². The average Bonchev–Trinajstić information content (AvgIpc) is 2.50. The quantitative estimate of drug-likeness (QED) is 0.764. The maximum Gasteiger partial charge on any atom is 0.169 e. The maximum atomic E-state index is 13.0. The van der Waals surface area contributed by atoms with Crippen LogP contribution in [0.1, 0.15) is 35.7 Å². The maximum absolute atomic E-state index is 13.0. The van der Waals surface area contributed by atoms with Crippen molar-refractivity contribution in [1.82, 2.24) is 0 Å². The van der Waals surface area contributed by atoms with E-state index >= 15 is 0 Å². The lowest BCUT2D eigenvalue weighted by Crippen LogP contribution is -2.23. The summed E-state index contributed by atoms with van der Waals surface area (Å²) >= 11 is 0. The second-order valence-corrected chi connectivity index (χ2v) is 4.53. The highest BCUT2D eigenvalue weighted by molar-refractivity contribution is 6.04. The van der Waals surface area contributed by atoms with Crippen molar-refractivity contribution >= 4 is 5.78 Å². The number of ketones is 1. The van der Waals surface area contributed by atoms with Crippen LogP contribution < -0.4 is 0 Å². The molecule has 0 fully saturated rings. The number of rotatable bonds is 2. The van der Waals surface area contributed by atoms with Crippen LogP contribution in [-0.4, -0.2) is 5.78 Å². The van der Waals surface area contributed by atoms with Crippen molar-refractivity contribution in [3.05, 3.63) is 35.1 Å². The molecule has 1 aliphatic carbocycles. The van der Waals surface area contributed by atoms with Crippen molar-refractivity contribution in [3.8, 4) is 6.07 Å². The van der Waals surface area contributed by atoms with Gasteiger partial charge < -0.3 is 0 Å². The molecule has 0 spiro atoms. The molecule has 0 aliphatic heterocycles. The summed E-state index contributed by atoms with van der Waals surface area (Å²) in [4.78, 5) is 12.1. The minimum atomic E-state index is -0.522. The van der Waals surface area contributed by atoms with E-state index in [2.05, 4.69) is 6.07 Å². The second kappa shape index (κ2) is 3.71. The fourth-order valence-electron chi connectivity index (χ4n) is 2.27. The highest BCUT2D eigenvalue weighted by atomic mass is 19.1. The van der Waals surface area contributed by atoms with Gasteiger partial charge in [-0.2, -0.15) is 5.26 Å². The van der Waals surface area contributed by atoms with E-state index in [4.69, 9.17) is 5.26 Å². The van der Waals surface area contributed by atoms with Crippen LogP contribution in [0.15, 0.2) is 18.2 Å². The topological polar surface area (TPSA) is 40.9 Å². The minimum absolute atomic E-state index is 0.0303. The van der Waals surface area contributed by atoms with Gasteiger partial charge in [-0.1, -0.05) is 13.0 Å². The number of fused-ring (bicyclic) bond motifs is 1. The number of halogens is 1. The highest BCUT2D eigenvalue weighted by Crippen LogP contribution is 2.40. The number of carbonyl (C=O) groups excluding carboxylic acids is 1. The molecule has 3 heteroatoms. The van der Waals surface area contributed by atoms with Crippen LogP contribution in [0, 0.1) is 22.6 Å². The average molecular weight is 217 g/mol. The van der Waals surface area contributed by atoms with Gasteiger partial charge in [0.2, 0.25) is 0 Å². The van der Waals surface area contributed by atoms with Gasteiger partial charge in [-0.3, -0.25) is 4.79 Å². The molecule has 1 aromatic carbocycles. The first-order chi connectivity index (χ1) is 7.57. The smallest absolute Gasteiger partial charge is 0.169 e. The summed E-state index contributed by atoms with van der Waals surface area (Å²) in [6, 6.07) is 6.40. The Labute approximate surface area is 93.7 Å². The largest absolute Gasteiger partial charge is 0.294 e. The first-order valence-electron chi connectivity index (χ1n) is 5.27. The van der Waals surface area contributed by atoms with Crippen molar-refractivity contribution in [1.29, 1.82) is 5.26 Å². The van der Waals surface area contributed by atoms with Gasteiger partial charge in [0.1, 0.15) is 5.82 Å². The first kappa shape index (κ1) is 10.8. The number of hydrogen-bond donors (Lipinski definition) is 0. The minimum Gasteiger partial charge on any atom is -0.294 e. The van der Waals surface area contributed by atoms with Crippen LogP contribution in [-0.2, 0) is 6.42 Å². The molecule has 0 heterocycles. The molecule has 0 saturated carbocycles. The Morgan fingerprint density at radius 3 is 3.00 bits per heavy atom. The van der Waals surface area contributed by atoms with Gasteiger partial charge >= 0.3 is 0 Å². The Balaban J connectivity index is 2.34. The lowest BCUT2D eigenvalue weighted by atomic mass is 9.82. The van der Waals surface area contributed by atoms with Crippen molar-refractivity contribution in [2.75, 3.05) is 0 Å². The van der Waals surface area contributed by atoms with Gasteiger partial charge in [0.25, 0.3) is 0 Å². The zero-order valence-electron chi connectivity index (χ0n) is 9.09. The zero-order valence-corrected chi connectivity index (χ0v) is 9.09. The monoisotopic (exact) mass is 217 g/mol. The summed E-state index contributed by atoms with van der Waals surface area (Å²) in [6.07, 6.45) is 1.51. The molecule has 0 aromatic heterocycles. The van der Waals surface area contributed by atoms with Crippen LogP contribution in [0.2, 0.25) is 0 Å². The highest BCUT2D eigenvalue weighted by Gasteiger charge is 2.40. The van der Waals surface area contributed by atoms with Gasteiger partial charge in [-0.15, -0.1) is 0 Å².